The number of pyridine rings is 1. The van der Waals surface area contributed by atoms with E-state index in [2.05, 4.69) is 10.3 Å². The van der Waals surface area contributed by atoms with E-state index in [1.165, 1.54) is 0 Å². The molecule has 2 rings (SSSR count). The van der Waals surface area contributed by atoms with Crippen molar-refractivity contribution in [1.82, 2.24) is 19.6 Å². The fourth-order valence-corrected chi connectivity index (χ4v) is 2.08. The summed E-state index contributed by atoms with van der Waals surface area (Å²) < 4.78 is 1.98. The summed E-state index contributed by atoms with van der Waals surface area (Å²) in [4.78, 5) is 18.1. The largest absolute Gasteiger partial charge is 0.332 e. The van der Waals surface area contributed by atoms with Crippen molar-refractivity contribution >= 4 is 11.7 Å². The van der Waals surface area contributed by atoms with Crippen LogP contribution in [0.4, 0.5) is 4.79 Å². The lowest BCUT2D eigenvalue weighted by Crippen LogP contribution is -2.39. The quantitative estimate of drug-likeness (QED) is 0.916. The molecule has 2 heterocycles. The molecule has 19 heavy (non-hydrogen) atoms. The average molecular weight is 260 g/mol. The van der Waals surface area contributed by atoms with Crippen LogP contribution >= 0.6 is 0 Å². The van der Waals surface area contributed by atoms with Crippen LogP contribution in [0.25, 0.3) is 5.65 Å². The fourth-order valence-electron chi connectivity index (χ4n) is 2.08. The second kappa shape index (κ2) is 5.73. The summed E-state index contributed by atoms with van der Waals surface area (Å²) in [6.45, 7) is 7.85. The maximum absolute atomic E-state index is 11.8. The van der Waals surface area contributed by atoms with Crippen molar-refractivity contribution in [2.45, 2.75) is 27.3 Å². The first-order chi connectivity index (χ1) is 9.15. The summed E-state index contributed by atoms with van der Waals surface area (Å²) in [5, 5.41) is 2.89. The topological polar surface area (TPSA) is 49.6 Å². The molecule has 0 saturated carbocycles. The highest BCUT2D eigenvalue weighted by molar-refractivity contribution is 5.74. The van der Waals surface area contributed by atoms with Gasteiger partial charge in [-0.25, -0.2) is 9.78 Å². The van der Waals surface area contributed by atoms with Crippen LogP contribution in [0, 0.1) is 6.92 Å². The van der Waals surface area contributed by atoms with Crippen LogP contribution in [0.2, 0.25) is 0 Å². The lowest BCUT2D eigenvalue weighted by molar-refractivity contribution is 0.202. The lowest BCUT2D eigenvalue weighted by atomic mass is 10.3. The number of imidazole rings is 1. The molecule has 2 amide bonds. The van der Waals surface area contributed by atoms with Crippen molar-refractivity contribution in [3.05, 3.63) is 35.8 Å². The molecule has 0 aliphatic rings. The van der Waals surface area contributed by atoms with E-state index in [4.69, 9.17) is 0 Å². The Hall–Kier alpha value is -2.04. The molecule has 0 radical (unpaired) electrons. The van der Waals surface area contributed by atoms with Crippen LogP contribution < -0.4 is 5.32 Å². The molecule has 102 valence electrons. The van der Waals surface area contributed by atoms with Crippen molar-refractivity contribution in [3.63, 3.8) is 0 Å². The van der Waals surface area contributed by atoms with Crippen molar-refractivity contribution in [2.24, 2.45) is 0 Å². The normalized spacial score (nSPS) is 10.7. The Morgan fingerprint density at radius 3 is 2.79 bits per heavy atom. The number of aryl methyl sites for hydroxylation is 1. The van der Waals surface area contributed by atoms with Gasteiger partial charge in [-0.2, -0.15) is 0 Å². The van der Waals surface area contributed by atoms with Gasteiger partial charge in [0.05, 0.1) is 12.2 Å². The molecule has 0 bridgehead atoms. The Kier molecular flexibility index (Phi) is 4.04. The standard InChI is InChI=1S/C14H20N4O/c1-4-17(5-2)14(19)15-9-12-10-18-8-6-7-11(3)13(18)16-12/h6-8,10H,4-5,9H2,1-3H3,(H,15,19). The van der Waals surface area contributed by atoms with Gasteiger partial charge in [-0.1, -0.05) is 6.07 Å². The molecule has 0 unspecified atom stereocenters. The number of urea groups is 1. The minimum absolute atomic E-state index is 0.0428. The van der Waals surface area contributed by atoms with Gasteiger partial charge in [0.25, 0.3) is 0 Å². The Morgan fingerprint density at radius 1 is 1.42 bits per heavy atom. The predicted molar refractivity (Wildman–Crippen MR) is 75.1 cm³/mol. The van der Waals surface area contributed by atoms with Crippen molar-refractivity contribution < 1.29 is 4.79 Å². The number of fused-ring (bicyclic) bond motifs is 1. The number of amides is 2. The van der Waals surface area contributed by atoms with E-state index in [0.717, 1.165) is 16.9 Å². The third-order valence-corrected chi connectivity index (χ3v) is 3.20. The Bertz CT molecular complexity index is 572. The molecular weight excluding hydrogens is 240 g/mol. The number of nitrogens with one attached hydrogen (secondary N) is 1. The van der Waals surface area contributed by atoms with Gasteiger partial charge < -0.3 is 14.6 Å². The van der Waals surface area contributed by atoms with Crippen molar-refractivity contribution in [1.29, 1.82) is 0 Å². The smallest absolute Gasteiger partial charge is 0.317 e. The molecule has 0 aliphatic heterocycles. The summed E-state index contributed by atoms with van der Waals surface area (Å²) in [6.07, 6.45) is 3.91. The molecule has 0 aromatic carbocycles. The van der Waals surface area contributed by atoms with Gasteiger partial charge in [0.2, 0.25) is 0 Å². The van der Waals surface area contributed by atoms with Crippen molar-refractivity contribution in [3.8, 4) is 0 Å². The molecule has 0 atom stereocenters. The Balaban J connectivity index is 2.06. The molecule has 1 N–H and O–H groups in total. The fraction of sp³-hybridized carbons (Fsp3) is 0.429. The third kappa shape index (κ3) is 2.86. The summed E-state index contributed by atoms with van der Waals surface area (Å²) in [7, 11) is 0. The lowest BCUT2D eigenvalue weighted by Gasteiger charge is -2.18. The first-order valence-corrected chi connectivity index (χ1v) is 6.61. The zero-order valence-electron chi connectivity index (χ0n) is 11.7. The highest BCUT2D eigenvalue weighted by Gasteiger charge is 2.10. The number of rotatable bonds is 4. The van der Waals surface area contributed by atoms with Crippen LogP contribution in [0.5, 0.6) is 0 Å². The zero-order valence-corrected chi connectivity index (χ0v) is 11.7. The van der Waals surface area contributed by atoms with Gasteiger partial charge >= 0.3 is 6.03 Å². The maximum Gasteiger partial charge on any atom is 0.317 e. The molecule has 5 nitrogen and oxygen atoms in total. The monoisotopic (exact) mass is 260 g/mol. The highest BCUT2D eigenvalue weighted by atomic mass is 16.2. The van der Waals surface area contributed by atoms with E-state index < -0.39 is 0 Å². The van der Waals surface area contributed by atoms with E-state index in [0.29, 0.717) is 19.6 Å². The minimum atomic E-state index is -0.0428. The minimum Gasteiger partial charge on any atom is -0.332 e. The summed E-state index contributed by atoms with van der Waals surface area (Å²) in [5.74, 6) is 0. The number of carbonyl (C=O) groups is 1. The Labute approximate surface area is 113 Å². The molecule has 2 aromatic rings. The Morgan fingerprint density at radius 2 is 2.16 bits per heavy atom. The SMILES string of the molecule is CCN(CC)C(=O)NCc1cn2cccc(C)c2n1. The molecule has 2 aromatic heterocycles. The number of nitrogens with zero attached hydrogens (tertiary/aromatic N) is 3. The van der Waals surface area contributed by atoms with Gasteiger partial charge in [0, 0.05) is 25.5 Å². The van der Waals surface area contributed by atoms with Crippen LogP contribution in [0.15, 0.2) is 24.5 Å². The van der Waals surface area contributed by atoms with E-state index in [-0.39, 0.29) is 6.03 Å². The number of hydrogen-bond donors (Lipinski definition) is 1. The van der Waals surface area contributed by atoms with E-state index in [1.807, 2.05) is 49.7 Å². The number of aromatic nitrogens is 2. The highest BCUT2D eigenvalue weighted by Crippen LogP contribution is 2.09. The predicted octanol–water partition coefficient (Wildman–Crippen LogP) is 2.19. The van der Waals surface area contributed by atoms with Crippen LogP contribution in [-0.2, 0) is 6.54 Å². The maximum atomic E-state index is 11.8. The average Bonchev–Trinajstić information content (AvgIpc) is 2.82. The van der Waals surface area contributed by atoms with Crippen LogP contribution in [0.3, 0.4) is 0 Å². The second-order valence-electron chi connectivity index (χ2n) is 4.49. The number of hydrogen-bond acceptors (Lipinski definition) is 2. The van der Waals surface area contributed by atoms with E-state index in [1.54, 1.807) is 4.90 Å². The van der Waals surface area contributed by atoms with Gasteiger partial charge in [-0.3, -0.25) is 0 Å². The molecule has 0 fully saturated rings. The van der Waals surface area contributed by atoms with Gasteiger partial charge in [-0.05, 0) is 32.4 Å². The van der Waals surface area contributed by atoms with Gasteiger partial charge in [0.1, 0.15) is 5.65 Å². The summed E-state index contributed by atoms with van der Waals surface area (Å²) >= 11 is 0. The summed E-state index contributed by atoms with van der Waals surface area (Å²) in [6, 6.07) is 3.97. The van der Waals surface area contributed by atoms with Crippen molar-refractivity contribution in [2.75, 3.05) is 13.1 Å². The zero-order chi connectivity index (χ0) is 13.8. The van der Waals surface area contributed by atoms with Crippen LogP contribution in [-0.4, -0.2) is 33.4 Å². The van der Waals surface area contributed by atoms with E-state index >= 15 is 0 Å². The number of carbonyl (C=O) groups excluding carboxylic acids is 1. The molecule has 0 saturated heterocycles. The first kappa shape index (κ1) is 13.4. The molecule has 5 heteroatoms. The third-order valence-electron chi connectivity index (χ3n) is 3.20. The first-order valence-electron chi connectivity index (χ1n) is 6.61. The molecule has 0 aliphatic carbocycles. The second-order valence-corrected chi connectivity index (χ2v) is 4.49. The molecule has 0 spiro atoms. The summed E-state index contributed by atoms with van der Waals surface area (Å²) in [5.41, 5.74) is 2.94. The van der Waals surface area contributed by atoms with Gasteiger partial charge in [-0.15, -0.1) is 0 Å². The molecular formula is C14H20N4O. The van der Waals surface area contributed by atoms with E-state index in [9.17, 15) is 4.79 Å². The van der Waals surface area contributed by atoms with Gasteiger partial charge in [0.15, 0.2) is 0 Å². The van der Waals surface area contributed by atoms with Crippen LogP contribution in [0.1, 0.15) is 25.1 Å².